The smallest absolute Gasteiger partial charge is 0.329 e. The van der Waals surface area contributed by atoms with Gasteiger partial charge in [-0.05, 0) is 43.2 Å². The fourth-order valence-corrected chi connectivity index (χ4v) is 3.81. The molecule has 0 aromatic heterocycles. The van der Waals surface area contributed by atoms with Crippen LogP contribution in [-0.4, -0.2) is 30.7 Å². The van der Waals surface area contributed by atoms with Crippen LogP contribution in [0.4, 0.5) is 10.5 Å². The first-order chi connectivity index (χ1) is 13.6. The van der Waals surface area contributed by atoms with E-state index in [0.29, 0.717) is 42.3 Å². The third kappa shape index (κ3) is 3.75. The van der Waals surface area contributed by atoms with E-state index < -0.39 is 11.6 Å². The molecule has 2 aromatic carbocycles. The van der Waals surface area contributed by atoms with Gasteiger partial charge in [0.25, 0.3) is 0 Å². The van der Waals surface area contributed by atoms with Gasteiger partial charge in [-0.2, -0.15) is 0 Å². The lowest BCUT2D eigenvalue weighted by Crippen LogP contribution is -2.64. The van der Waals surface area contributed by atoms with Gasteiger partial charge in [0.05, 0.1) is 22.7 Å². The number of hydrogen-bond acceptors (Lipinski definition) is 3. The second kappa shape index (κ2) is 7.67. The monoisotopic (exact) mass is 394 g/mol. The van der Waals surface area contributed by atoms with Crippen LogP contribution >= 0.6 is 11.6 Å². The van der Waals surface area contributed by atoms with Gasteiger partial charge in [-0.15, -0.1) is 0 Å². The summed E-state index contributed by atoms with van der Waals surface area (Å²) in [5, 5.41) is 3.31. The number of amides is 3. The Bertz CT molecular complexity index is 952. The predicted molar refractivity (Wildman–Crippen MR) is 107 cm³/mol. The van der Waals surface area contributed by atoms with Crippen molar-refractivity contribution >= 4 is 29.2 Å². The summed E-state index contributed by atoms with van der Waals surface area (Å²) in [6.07, 6.45) is 1.52. The van der Waals surface area contributed by atoms with Crippen molar-refractivity contribution in [2.24, 2.45) is 0 Å². The van der Waals surface area contributed by atoms with Gasteiger partial charge in [0, 0.05) is 24.3 Å². The van der Waals surface area contributed by atoms with Crippen LogP contribution in [0.15, 0.2) is 48.5 Å². The van der Waals surface area contributed by atoms with Gasteiger partial charge in [-0.25, -0.2) is 9.69 Å². The highest BCUT2D eigenvalue weighted by Gasteiger charge is 2.44. The second-order valence-electron chi connectivity index (χ2n) is 7.01. The molecule has 2 aliphatic heterocycles. The summed E-state index contributed by atoms with van der Waals surface area (Å²) in [6.45, 7) is 1.09. The standard InChI is InChI=1S/C22H19ClN2O3/c23-18-14-17(7-6-16-4-2-1-3-5-16)8-9-19(18)25-20(26)15-22(24-21(25)27)10-12-28-13-11-22/h1-5,8-9,14H,10-13,15H2,(H,24,27). The van der Waals surface area contributed by atoms with E-state index in [9.17, 15) is 9.59 Å². The minimum Gasteiger partial charge on any atom is -0.381 e. The zero-order chi connectivity index (χ0) is 19.6. The Kier molecular flexibility index (Phi) is 5.08. The molecule has 2 fully saturated rings. The summed E-state index contributed by atoms with van der Waals surface area (Å²) < 4.78 is 5.36. The molecule has 1 spiro atoms. The molecule has 2 aliphatic rings. The largest absolute Gasteiger partial charge is 0.381 e. The molecule has 0 saturated carbocycles. The fourth-order valence-electron chi connectivity index (χ4n) is 3.55. The zero-order valence-corrected chi connectivity index (χ0v) is 16.0. The van der Waals surface area contributed by atoms with Crippen LogP contribution in [0.25, 0.3) is 0 Å². The number of rotatable bonds is 1. The van der Waals surface area contributed by atoms with Gasteiger partial charge in [-0.1, -0.05) is 41.6 Å². The minimum absolute atomic E-state index is 0.244. The number of halogens is 1. The molecule has 142 valence electrons. The first-order valence-corrected chi connectivity index (χ1v) is 9.54. The van der Waals surface area contributed by atoms with Crippen LogP contribution in [-0.2, 0) is 9.53 Å². The first-order valence-electron chi connectivity index (χ1n) is 9.16. The van der Waals surface area contributed by atoms with E-state index in [4.69, 9.17) is 16.3 Å². The van der Waals surface area contributed by atoms with Gasteiger partial charge in [0.15, 0.2) is 0 Å². The molecule has 28 heavy (non-hydrogen) atoms. The summed E-state index contributed by atoms with van der Waals surface area (Å²) in [4.78, 5) is 26.6. The lowest BCUT2D eigenvalue weighted by molar-refractivity contribution is -0.121. The first kappa shape index (κ1) is 18.5. The van der Waals surface area contributed by atoms with E-state index in [1.807, 2.05) is 30.3 Å². The SMILES string of the molecule is O=C1CC2(CCOCC2)NC(=O)N1c1ccc(C#Cc2ccccc2)cc1Cl. The number of anilines is 1. The molecule has 2 aromatic rings. The molecule has 4 rings (SSSR count). The highest BCUT2D eigenvalue weighted by Crippen LogP contribution is 2.34. The van der Waals surface area contributed by atoms with Gasteiger partial charge in [-0.3, -0.25) is 4.79 Å². The van der Waals surface area contributed by atoms with Crippen molar-refractivity contribution in [3.8, 4) is 11.8 Å². The highest BCUT2D eigenvalue weighted by molar-refractivity contribution is 6.35. The predicted octanol–water partition coefficient (Wildman–Crippen LogP) is 3.74. The lowest BCUT2D eigenvalue weighted by Gasteiger charge is -2.43. The molecule has 0 bridgehead atoms. The topological polar surface area (TPSA) is 58.6 Å². The molecule has 1 N–H and O–H groups in total. The number of urea groups is 1. The van der Waals surface area contributed by atoms with E-state index in [1.165, 1.54) is 0 Å². The average Bonchev–Trinajstić information content (AvgIpc) is 2.68. The molecule has 6 heteroatoms. The summed E-state index contributed by atoms with van der Waals surface area (Å²) in [5.41, 5.74) is 1.48. The Morgan fingerprint density at radius 1 is 1.00 bits per heavy atom. The van der Waals surface area contributed by atoms with Crippen LogP contribution < -0.4 is 10.2 Å². The third-order valence-electron chi connectivity index (χ3n) is 5.08. The summed E-state index contributed by atoms with van der Waals surface area (Å²) in [7, 11) is 0. The minimum atomic E-state index is -0.503. The maximum absolute atomic E-state index is 12.8. The van der Waals surface area contributed by atoms with E-state index >= 15 is 0 Å². The Hall–Kier alpha value is -2.81. The number of nitrogens with zero attached hydrogens (tertiary/aromatic N) is 1. The molecule has 2 heterocycles. The number of benzene rings is 2. The van der Waals surface area contributed by atoms with Crippen molar-refractivity contribution in [2.75, 3.05) is 18.1 Å². The van der Waals surface area contributed by atoms with Crippen molar-refractivity contribution in [1.29, 1.82) is 0 Å². The Labute approximate surface area is 168 Å². The Balaban J connectivity index is 1.55. The van der Waals surface area contributed by atoms with Gasteiger partial charge in [0.2, 0.25) is 5.91 Å². The van der Waals surface area contributed by atoms with Gasteiger partial charge >= 0.3 is 6.03 Å². The summed E-state index contributed by atoms with van der Waals surface area (Å²) >= 11 is 6.39. The van der Waals surface area contributed by atoms with Crippen molar-refractivity contribution in [3.63, 3.8) is 0 Å². The molecule has 0 atom stereocenters. The zero-order valence-electron chi connectivity index (χ0n) is 15.2. The number of carbonyl (C=O) groups excluding carboxylic acids is 2. The van der Waals surface area contributed by atoms with Crippen LogP contribution in [0, 0.1) is 11.8 Å². The maximum atomic E-state index is 12.8. The maximum Gasteiger partial charge on any atom is 0.329 e. The van der Waals surface area contributed by atoms with E-state index in [2.05, 4.69) is 17.2 Å². The van der Waals surface area contributed by atoms with Gasteiger partial charge in [0.1, 0.15) is 0 Å². The molecular weight excluding hydrogens is 376 g/mol. The number of hydrogen-bond donors (Lipinski definition) is 1. The van der Waals surface area contributed by atoms with Crippen LogP contribution in [0.1, 0.15) is 30.4 Å². The van der Waals surface area contributed by atoms with Gasteiger partial charge < -0.3 is 10.1 Å². The highest BCUT2D eigenvalue weighted by atomic mass is 35.5. The molecule has 0 radical (unpaired) electrons. The van der Waals surface area contributed by atoms with E-state index in [-0.39, 0.29) is 12.3 Å². The number of nitrogens with one attached hydrogen (secondary N) is 1. The third-order valence-corrected chi connectivity index (χ3v) is 5.38. The summed E-state index contributed by atoms with van der Waals surface area (Å²) in [6, 6.07) is 14.3. The van der Waals surface area contributed by atoms with Crippen LogP contribution in [0.2, 0.25) is 5.02 Å². The quantitative estimate of drug-likeness (QED) is 0.750. The lowest BCUT2D eigenvalue weighted by atomic mass is 9.84. The van der Waals surface area contributed by atoms with Crippen molar-refractivity contribution in [2.45, 2.75) is 24.8 Å². The van der Waals surface area contributed by atoms with E-state index in [1.54, 1.807) is 18.2 Å². The van der Waals surface area contributed by atoms with Crippen LogP contribution in [0.3, 0.4) is 0 Å². The molecule has 0 aliphatic carbocycles. The van der Waals surface area contributed by atoms with Crippen LogP contribution in [0.5, 0.6) is 0 Å². The normalized spacial score (nSPS) is 18.4. The number of carbonyl (C=O) groups is 2. The summed E-state index contributed by atoms with van der Waals surface area (Å²) in [5.74, 6) is 5.86. The van der Waals surface area contributed by atoms with Crippen molar-refractivity contribution < 1.29 is 14.3 Å². The Morgan fingerprint density at radius 3 is 2.39 bits per heavy atom. The molecule has 3 amide bonds. The number of ether oxygens (including phenoxy) is 1. The fraction of sp³-hybridized carbons (Fsp3) is 0.273. The molecule has 0 unspecified atom stereocenters. The molecule has 2 saturated heterocycles. The average molecular weight is 395 g/mol. The number of imide groups is 1. The molecular formula is C22H19ClN2O3. The van der Waals surface area contributed by atoms with E-state index in [0.717, 1.165) is 10.5 Å². The van der Waals surface area contributed by atoms with Crippen molar-refractivity contribution in [3.05, 3.63) is 64.7 Å². The second-order valence-corrected chi connectivity index (χ2v) is 7.42. The molecule has 5 nitrogen and oxygen atoms in total. The Morgan fingerprint density at radius 2 is 1.71 bits per heavy atom. The van der Waals surface area contributed by atoms with Crippen molar-refractivity contribution in [1.82, 2.24) is 5.32 Å².